The van der Waals surface area contributed by atoms with E-state index in [-0.39, 0.29) is 12.1 Å². The highest BCUT2D eigenvalue weighted by Gasteiger charge is 2.33. The Labute approximate surface area is 91.1 Å². The summed E-state index contributed by atoms with van der Waals surface area (Å²) in [4.78, 5) is 11.1. The van der Waals surface area contributed by atoms with Gasteiger partial charge in [-0.2, -0.15) is 0 Å². The minimum Gasteiger partial charge on any atom is -0.469 e. The summed E-state index contributed by atoms with van der Waals surface area (Å²) < 4.78 is 10.6. The monoisotopic (exact) mass is 212 g/mol. The van der Waals surface area contributed by atoms with Crippen molar-refractivity contribution in [2.45, 2.75) is 57.2 Å². The van der Waals surface area contributed by atoms with Gasteiger partial charge < -0.3 is 9.47 Å². The first-order valence-corrected chi connectivity index (χ1v) is 6.02. The molecule has 0 spiro atoms. The third-order valence-corrected chi connectivity index (χ3v) is 3.69. The molecule has 0 unspecified atom stereocenters. The van der Waals surface area contributed by atoms with Crippen LogP contribution in [-0.2, 0) is 14.3 Å². The molecular weight excluding hydrogens is 192 g/mol. The van der Waals surface area contributed by atoms with Crippen LogP contribution in [0.1, 0.15) is 44.9 Å². The van der Waals surface area contributed by atoms with Crippen LogP contribution in [0.3, 0.4) is 0 Å². The van der Waals surface area contributed by atoms with Gasteiger partial charge in [-0.15, -0.1) is 0 Å². The van der Waals surface area contributed by atoms with Gasteiger partial charge in [0.05, 0.1) is 25.7 Å². The molecular formula is C12H20O3. The summed E-state index contributed by atoms with van der Waals surface area (Å²) in [5.74, 6) is 0.613. The zero-order valence-corrected chi connectivity index (χ0v) is 9.41. The first kappa shape index (κ1) is 10.9. The molecule has 3 atom stereocenters. The maximum absolute atomic E-state index is 11.1. The van der Waals surface area contributed by atoms with Crippen LogP contribution in [0.2, 0.25) is 0 Å². The fourth-order valence-electron chi connectivity index (χ4n) is 2.82. The molecule has 0 aromatic heterocycles. The van der Waals surface area contributed by atoms with Gasteiger partial charge in [0, 0.05) is 0 Å². The van der Waals surface area contributed by atoms with Gasteiger partial charge in [-0.3, -0.25) is 4.79 Å². The summed E-state index contributed by atoms with van der Waals surface area (Å²) in [6.07, 6.45) is 8.34. The second-order valence-electron chi connectivity index (χ2n) is 4.70. The summed E-state index contributed by atoms with van der Waals surface area (Å²) >= 11 is 0. The number of ether oxygens (including phenoxy) is 2. The Kier molecular flexibility index (Phi) is 3.62. The zero-order valence-electron chi connectivity index (χ0n) is 9.41. The Hall–Kier alpha value is -0.570. The highest BCUT2D eigenvalue weighted by molar-refractivity contribution is 5.69. The fraction of sp³-hybridized carbons (Fsp3) is 0.917. The quantitative estimate of drug-likeness (QED) is 0.659. The van der Waals surface area contributed by atoms with Crippen molar-refractivity contribution in [1.29, 1.82) is 0 Å². The first-order valence-electron chi connectivity index (χ1n) is 6.02. The van der Waals surface area contributed by atoms with Crippen LogP contribution in [0, 0.1) is 5.92 Å². The molecule has 1 aliphatic carbocycles. The average Bonchev–Trinajstić information content (AvgIpc) is 2.29. The predicted molar refractivity (Wildman–Crippen MR) is 56.5 cm³/mol. The molecule has 3 nitrogen and oxygen atoms in total. The number of esters is 1. The summed E-state index contributed by atoms with van der Waals surface area (Å²) in [7, 11) is 1.44. The van der Waals surface area contributed by atoms with Gasteiger partial charge in [0.2, 0.25) is 0 Å². The largest absolute Gasteiger partial charge is 0.469 e. The molecule has 0 N–H and O–H groups in total. The van der Waals surface area contributed by atoms with E-state index < -0.39 is 0 Å². The number of hydrogen-bond donors (Lipinski definition) is 0. The van der Waals surface area contributed by atoms with E-state index in [0.717, 1.165) is 12.3 Å². The normalized spacial score (nSPS) is 35.7. The van der Waals surface area contributed by atoms with Crippen LogP contribution < -0.4 is 0 Å². The number of fused-ring (bicyclic) bond motifs is 1. The molecule has 2 fully saturated rings. The van der Waals surface area contributed by atoms with Crippen LogP contribution in [0.4, 0.5) is 0 Å². The minimum absolute atomic E-state index is 0.108. The number of carbonyl (C=O) groups is 1. The standard InChI is InChI=1S/C12H20O3/c1-14-12(13)8-10-7-6-9-4-2-3-5-11(9)15-10/h9-11H,2-8H2,1H3/t9-,10+,11+/m0/s1. The van der Waals surface area contributed by atoms with Crippen molar-refractivity contribution in [1.82, 2.24) is 0 Å². The van der Waals surface area contributed by atoms with Crippen LogP contribution >= 0.6 is 0 Å². The molecule has 1 heterocycles. The summed E-state index contributed by atoms with van der Waals surface area (Å²) in [5, 5.41) is 0. The Morgan fingerprint density at radius 1 is 1.27 bits per heavy atom. The van der Waals surface area contributed by atoms with E-state index in [1.54, 1.807) is 0 Å². The zero-order chi connectivity index (χ0) is 10.7. The molecule has 0 bridgehead atoms. The van der Waals surface area contributed by atoms with E-state index in [1.165, 1.54) is 39.2 Å². The van der Waals surface area contributed by atoms with Crippen molar-refractivity contribution < 1.29 is 14.3 Å². The van der Waals surface area contributed by atoms with E-state index in [2.05, 4.69) is 4.74 Å². The molecule has 0 aromatic carbocycles. The Morgan fingerprint density at radius 3 is 2.87 bits per heavy atom. The van der Waals surface area contributed by atoms with Gasteiger partial charge >= 0.3 is 5.97 Å². The number of carbonyl (C=O) groups excluding carboxylic acids is 1. The Morgan fingerprint density at radius 2 is 2.07 bits per heavy atom. The Balaban J connectivity index is 1.83. The van der Waals surface area contributed by atoms with Crippen molar-refractivity contribution >= 4 is 5.97 Å². The third kappa shape index (κ3) is 2.71. The van der Waals surface area contributed by atoms with E-state index in [4.69, 9.17) is 4.74 Å². The highest BCUT2D eigenvalue weighted by atomic mass is 16.5. The van der Waals surface area contributed by atoms with Crippen LogP contribution in [-0.4, -0.2) is 25.3 Å². The summed E-state index contributed by atoms with van der Waals surface area (Å²) in [5.41, 5.74) is 0. The smallest absolute Gasteiger partial charge is 0.308 e. The van der Waals surface area contributed by atoms with Crippen molar-refractivity contribution in [3.05, 3.63) is 0 Å². The molecule has 1 aliphatic heterocycles. The highest BCUT2D eigenvalue weighted by Crippen LogP contribution is 2.36. The molecule has 0 aromatic rings. The van der Waals surface area contributed by atoms with Crippen molar-refractivity contribution in [3.63, 3.8) is 0 Å². The van der Waals surface area contributed by atoms with E-state index >= 15 is 0 Å². The summed E-state index contributed by atoms with van der Waals surface area (Å²) in [6.45, 7) is 0. The predicted octanol–water partition coefficient (Wildman–Crippen LogP) is 2.29. The van der Waals surface area contributed by atoms with Gasteiger partial charge in [0.1, 0.15) is 0 Å². The minimum atomic E-state index is -0.144. The van der Waals surface area contributed by atoms with Crippen LogP contribution in [0.15, 0.2) is 0 Å². The second kappa shape index (κ2) is 4.97. The number of methoxy groups -OCH3 is 1. The van der Waals surface area contributed by atoms with Gasteiger partial charge in [0.15, 0.2) is 0 Å². The topological polar surface area (TPSA) is 35.5 Å². The summed E-state index contributed by atoms with van der Waals surface area (Å²) in [6, 6.07) is 0. The third-order valence-electron chi connectivity index (χ3n) is 3.69. The average molecular weight is 212 g/mol. The van der Waals surface area contributed by atoms with Gasteiger partial charge in [-0.05, 0) is 31.6 Å². The van der Waals surface area contributed by atoms with Crippen molar-refractivity contribution in [2.24, 2.45) is 5.92 Å². The van der Waals surface area contributed by atoms with Crippen molar-refractivity contribution in [3.8, 4) is 0 Å². The van der Waals surface area contributed by atoms with Crippen molar-refractivity contribution in [2.75, 3.05) is 7.11 Å². The molecule has 1 saturated heterocycles. The lowest BCUT2D eigenvalue weighted by atomic mass is 9.80. The van der Waals surface area contributed by atoms with E-state index in [9.17, 15) is 4.79 Å². The van der Waals surface area contributed by atoms with E-state index in [1.807, 2.05) is 0 Å². The molecule has 3 heteroatoms. The first-order chi connectivity index (χ1) is 7.29. The molecule has 86 valence electrons. The second-order valence-corrected chi connectivity index (χ2v) is 4.70. The lowest BCUT2D eigenvalue weighted by molar-refractivity contribution is -0.150. The molecule has 0 amide bonds. The molecule has 0 radical (unpaired) electrons. The van der Waals surface area contributed by atoms with Crippen LogP contribution in [0.25, 0.3) is 0 Å². The number of rotatable bonds is 2. The molecule has 2 rings (SSSR count). The fourth-order valence-corrected chi connectivity index (χ4v) is 2.82. The lowest BCUT2D eigenvalue weighted by Gasteiger charge is -2.39. The SMILES string of the molecule is COC(=O)C[C@H]1CC[C@@H]2CCCC[C@H]2O1. The van der Waals surface area contributed by atoms with Gasteiger partial charge in [-0.25, -0.2) is 0 Å². The molecule has 15 heavy (non-hydrogen) atoms. The van der Waals surface area contributed by atoms with Crippen LogP contribution in [0.5, 0.6) is 0 Å². The molecule has 2 aliphatic rings. The lowest BCUT2D eigenvalue weighted by Crippen LogP contribution is -2.38. The maximum Gasteiger partial charge on any atom is 0.308 e. The maximum atomic E-state index is 11.1. The van der Waals surface area contributed by atoms with Gasteiger partial charge in [-0.1, -0.05) is 12.8 Å². The van der Waals surface area contributed by atoms with Gasteiger partial charge in [0.25, 0.3) is 0 Å². The number of hydrogen-bond acceptors (Lipinski definition) is 3. The Bertz CT molecular complexity index is 227. The van der Waals surface area contributed by atoms with E-state index in [0.29, 0.717) is 12.5 Å². The molecule has 1 saturated carbocycles.